The first-order valence-electron chi connectivity index (χ1n) is 11.3. The van der Waals surface area contributed by atoms with E-state index in [1.807, 2.05) is 50.3 Å². The molecule has 7 heteroatoms. The Balaban J connectivity index is 1.45. The highest BCUT2D eigenvalue weighted by molar-refractivity contribution is 6.06. The zero-order valence-electron chi connectivity index (χ0n) is 19.5. The first-order valence-corrected chi connectivity index (χ1v) is 11.3. The molecule has 172 valence electrons. The fraction of sp³-hybridized carbons (Fsp3) is 0.480. The van der Waals surface area contributed by atoms with Gasteiger partial charge >= 0.3 is 6.03 Å². The summed E-state index contributed by atoms with van der Waals surface area (Å²) in [5, 5.41) is 5.91. The van der Waals surface area contributed by atoms with Gasteiger partial charge in [-0.15, -0.1) is 0 Å². The average Bonchev–Trinajstić information content (AvgIpc) is 2.96. The second-order valence-corrected chi connectivity index (χ2v) is 9.35. The van der Waals surface area contributed by atoms with Crippen LogP contribution >= 0.6 is 0 Å². The van der Waals surface area contributed by atoms with E-state index < -0.39 is 5.54 Å². The van der Waals surface area contributed by atoms with Crippen molar-refractivity contribution in [1.82, 2.24) is 15.5 Å². The molecule has 1 heterocycles. The number of carbonyl (C=O) groups is 2. The molecule has 7 nitrogen and oxygen atoms in total. The number of allylic oxidation sites excluding steroid dienone is 1. The third-order valence-corrected chi connectivity index (χ3v) is 5.93. The Morgan fingerprint density at radius 1 is 1.28 bits per heavy atom. The summed E-state index contributed by atoms with van der Waals surface area (Å²) >= 11 is 0. The van der Waals surface area contributed by atoms with Crippen LogP contribution in [0.15, 0.2) is 59.1 Å². The molecule has 4 N–H and O–H groups in total. The van der Waals surface area contributed by atoms with E-state index in [-0.39, 0.29) is 23.9 Å². The first kappa shape index (κ1) is 23.6. The maximum absolute atomic E-state index is 12.9. The van der Waals surface area contributed by atoms with Crippen LogP contribution in [-0.4, -0.2) is 41.4 Å². The minimum Gasteiger partial charge on any atom is -0.369 e. The molecule has 1 aliphatic carbocycles. The summed E-state index contributed by atoms with van der Waals surface area (Å²) in [6.07, 6.45) is 7.67. The molecule has 1 aromatic rings. The summed E-state index contributed by atoms with van der Waals surface area (Å²) in [6, 6.07) is 9.63. The summed E-state index contributed by atoms with van der Waals surface area (Å²) in [6.45, 7) is 8.95. The van der Waals surface area contributed by atoms with E-state index in [1.54, 1.807) is 4.90 Å². The molecule has 32 heavy (non-hydrogen) atoms. The Labute approximate surface area is 190 Å². The predicted octanol–water partition coefficient (Wildman–Crippen LogP) is 3.51. The molecular formula is C25H35N5O2. The van der Waals surface area contributed by atoms with Crippen molar-refractivity contribution in [3.05, 3.63) is 59.7 Å². The Morgan fingerprint density at radius 3 is 2.62 bits per heavy atom. The number of nitrogens with two attached hydrogens (primary N) is 1. The van der Waals surface area contributed by atoms with Gasteiger partial charge in [-0.25, -0.2) is 9.79 Å². The highest BCUT2D eigenvalue weighted by Crippen LogP contribution is 2.29. The smallest absolute Gasteiger partial charge is 0.315 e. The number of urea groups is 1. The standard InChI is InChI=1S/C25H35N5O2/c1-17(2)14-25(4)22(31)30(23(26)29-25)16-20-12-10-19(11-13-20)15-27-24(32)28-18(3)21-8-6-5-7-9-21/h5-10,12-13,17-19H,11,14-16H2,1-4H3,(H2,26,29)(H2,27,28,32). The van der Waals surface area contributed by atoms with Crippen molar-refractivity contribution in [2.24, 2.45) is 22.6 Å². The summed E-state index contributed by atoms with van der Waals surface area (Å²) in [5.74, 6) is 0.824. The van der Waals surface area contributed by atoms with Crippen LogP contribution in [0.25, 0.3) is 0 Å². The maximum Gasteiger partial charge on any atom is 0.315 e. The van der Waals surface area contributed by atoms with Crippen molar-refractivity contribution in [2.45, 2.75) is 52.1 Å². The normalized spacial score (nSPS) is 23.7. The molecule has 1 aromatic carbocycles. The van der Waals surface area contributed by atoms with Gasteiger partial charge in [0.25, 0.3) is 5.91 Å². The van der Waals surface area contributed by atoms with Crippen molar-refractivity contribution < 1.29 is 9.59 Å². The lowest BCUT2D eigenvalue weighted by Crippen LogP contribution is -2.44. The molecule has 3 atom stereocenters. The van der Waals surface area contributed by atoms with Crippen LogP contribution in [-0.2, 0) is 4.79 Å². The van der Waals surface area contributed by atoms with Crippen LogP contribution in [0.1, 0.15) is 52.1 Å². The number of nitrogens with one attached hydrogen (secondary N) is 2. The minimum absolute atomic E-state index is 0.0361. The maximum atomic E-state index is 12.9. The number of guanidine groups is 1. The van der Waals surface area contributed by atoms with Crippen LogP contribution in [0.4, 0.5) is 4.79 Å². The van der Waals surface area contributed by atoms with E-state index >= 15 is 0 Å². The van der Waals surface area contributed by atoms with Crippen LogP contribution in [0.5, 0.6) is 0 Å². The number of rotatable bonds is 8. The Hall–Kier alpha value is -3.09. The number of carbonyl (C=O) groups excluding carboxylic acids is 2. The number of amides is 3. The van der Waals surface area contributed by atoms with Crippen molar-refractivity contribution in [2.75, 3.05) is 13.1 Å². The van der Waals surface area contributed by atoms with Gasteiger partial charge in [-0.2, -0.15) is 0 Å². The fourth-order valence-electron chi connectivity index (χ4n) is 4.29. The molecule has 3 rings (SSSR count). The van der Waals surface area contributed by atoms with E-state index in [0.29, 0.717) is 31.4 Å². The van der Waals surface area contributed by atoms with Gasteiger partial charge < -0.3 is 16.4 Å². The highest BCUT2D eigenvalue weighted by Gasteiger charge is 2.44. The Bertz CT molecular complexity index is 922. The lowest BCUT2D eigenvalue weighted by Gasteiger charge is -2.25. The van der Waals surface area contributed by atoms with Crippen molar-refractivity contribution >= 4 is 17.9 Å². The van der Waals surface area contributed by atoms with Gasteiger partial charge in [0.1, 0.15) is 5.54 Å². The molecule has 3 amide bonds. The summed E-state index contributed by atoms with van der Waals surface area (Å²) in [7, 11) is 0. The first-order chi connectivity index (χ1) is 15.2. The molecule has 0 fully saturated rings. The number of nitrogens with zero attached hydrogens (tertiary/aromatic N) is 2. The van der Waals surface area contributed by atoms with Gasteiger partial charge in [-0.1, -0.05) is 62.4 Å². The number of aliphatic imine (C=N–C) groups is 1. The monoisotopic (exact) mass is 437 g/mol. The van der Waals surface area contributed by atoms with Crippen LogP contribution in [0.2, 0.25) is 0 Å². The van der Waals surface area contributed by atoms with Crippen LogP contribution in [0, 0.1) is 11.8 Å². The molecule has 0 spiro atoms. The lowest BCUT2D eigenvalue weighted by molar-refractivity contribution is -0.130. The Morgan fingerprint density at radius 2 is 2.00 bits per heavy atom. The summed E-state index contributed by atoms with van der Waals surface area (Å²) < 4.78 is 0. The summed E-state index contributed by atoms with van der Waals surface area (Å²) in [5.41, 5.74) is 7.40. The fourth-order valence-corrected chi connectivity index (χ4v) is 4.29. The number of hydrogen-bond donors (Lipinski definition) is 3. The van der Waals surface area contributed by atoms with Crippen molar-refractivity contribution in [3.63, 3.8) is 0 Å². The molecule has 0 saturated carbocycles. The Kier molecular flexibility index (Phi) is 7.38. The zero-order chi connectivity index (χ0) is 23.3. The molecule has 1 aliphatic heterocycles. The number of benzene rings is 1. The summed E-state index contributed by atoms with van der Waals surface area (Å²) in [4.78, 5) is 31.2. The van der Waals surface area contributed by atoms with Crippen LogP contribution in [0.3, 0.4) is 0 Å². The van der Waals surface area contributed by atoms with E-state index in [9.17, 15) is 9.59 Å². The third-order valence-electron chi connectivity index (χ3n) is 5.93. The van der Waals surface area contributed by atoms with Gasteiger partial charge in [0.15, 0.2) is 5.96 Å². The van der Waals surface area contributed by atoms with Crippen LogP contribution < -0.4 is 16.4 Å². The third kappa shape index (κ3) is 5.78. The largest absolute Gasteiger partial charge is 0.369 e. The zero-order valence-corrected chi connectivity index (χ0v) is 19.5. The molecule has 2 aliphatic rings. The van der Waals surface area contributed by atoms with Gasteiger partial charge in [0.2, 0.25) is 0 Å². The van der Waals surface area contributed by atoms with E-state index in [4.69, 9.17) is 5.73 Å². The molecule has 0 bridgehead atoms. The van der Waals surface area contributed by atoms with Gasteiger partial charge in [-0.05, 0) is 49.7 Å². The van der Waals surface area contributed by atoms with Gasteiger partial charge in [0.05, 0.1) is 12.6 Å². The molecular weight excluding hydrogens is 402 g/mol. The minimum atomic E-state index is -0.770. The molecule has 0 saturated heterocycles. The molecule has 0 aromatic heterocycles. The topological polar surface area (TPSA) is 99.8 Å². The lowest BCUT2D eigenvalue weighted by atomic mass is 9.90. The second kappa shape index (κ2) is 10.0. The van der Waals surface area contributed by atoms with Crippen molar-refractivity contribution in [3.8, 4) is 0 Å². The predicted molar refractivity (Wildman–Crippen MR) is 128 cm³/mol. The number of hydrogen-bond acceptors (Lipinski definition) is 4. The second-order valence-electron chi connectivity index (χ2n) is 9.35. The van der Waals surface area contributed by atoms with Gasteiger partial charge in [-0.3, -0.25) is 9.69 Å². The van der Waals surface area contributed by atoms with E-state index in [1.165, 1.54) is 0 Å². The van der Waals surface area contributed by atoms with E-state index in [2.05, 4.69) is 41.6 Å². The quantitative estimate of drug-likeness (QED) is 0.580. The SMILES string of the molecule is CC(C)CC1(C)N=C(N)N(CC2=CCC(CNC(=O)NC(C)c3ccccc3)C=C2)C1=O. The molecule has 3 unspecified atom stereocenters. The average molecular weight is 438 g/mol. The highest BCUT2D eigenvalue weighted by atomic mass is 16.2. The molecule has 0 radical (unpaired) electrons. The van der Waals surface area contributed by atoms with Gasteiger partial charge in [0, 0.05) is 6.54 Å². The van der Waals surface area contributed by atoms with Crippen molar-refractivity contribution in [1.29, 1.82) is 0 Å². The van der Waals surface area contributed by atoms with E-state index in [0.717, 1.165) is 17.6 Å².